The number of aliphatic hydroxyl groups is 1. The zero-order chi connectivity index (χ0) is 17.1. The molecule has 0 atom stereocenters. The first-order chi connectivity index (χ1) is 11.6. The number of para-hydroxylation sites is 1. The quantitative estimate of drug-likeness (QED) is 0.852. The van der Waals surface area contributed by atoms with Crippen LogP contribution in [0.1, 0.15) is 29.3 Å². The lowest BCUT2D eigenvalue weighted by atomic mass is 10.0. The first-order valence-corrected chi connectivity index (χ1v) is 8.36. The van der Waals surface area contributed by atoms with Crippen LogP contribution in [0.25, 0.3) is 0 Å². The predicted octanol–water partition coefficient (Wildman–Crippen LogP) is 2.41. The zero-order valence-corrected chi connectivity index (χ0v) is 14.2. The molecule has 1 aliphatic rings. The number of hydrogen-bond acceptors (Lipinski definition) is 5. The van der Waals surface area contributed by atoms with E-state index in [1.807, 2.05) is 18.2 Å². The number of nitrogens with zero attached hydrogens (tertiary/aromatic N) is 2. The van der Waals surface area contributed by atoms with Crippen LogP contribution in [-0.4, -0.2) is 39.3 Å². The normalized spacial score (nSPS) is 15.3. The number of aromatic nitrogens is 1. The molecule has 0 unspecified atom stereocenters. The lowest BCUT2D eigenvalue weighted by molar-refractivity contribution is 0.0132. The maximum atomic E-state index is 10.2. The minimum absolute atomic E-state index is 0.117. The third kappa shape index (κ3) is 3.37. The van der Waals surface area contributed by atoms with E-state index in [4.69, 9.17) is 4.74 Å². The topological polar surface area (TPSA) is 65.8 Å². The van der Waals surface area contributed by atoms with E-state index in [2.05, 4.69) is 22.9 Å². The maximum absolute atomic E-state index is 10.2. The number of ether oxygens (including phenoxy) is 1. The molecule has 5 nitrogen and oxygen atoms in total. The summed E-state index contributed by atoms with van der Waals surface area (Å²) in [5.41, 5.74) is 3.25. The van der Waals surface area contributed by atoms with E-state index in [1.54, 1.807) is 13.1 Å². The molecule has 1 aromatic heterocycles. The van der Waals surface area contributed by atoms with Crippen molar-refractivity contribution < 1.29 is 14.9 Å². The van der Waals surface area contributed by atoms with E-state index >= 15 is 0 Å². The van der Waals surface area contributed by atoms with Crippen molar-refractivity contribution in [3.63, 3.8) is 0 Å². The fraction of sp³-hybridized carbons (Fsp3) is 0.421. The first kappa shape index (κ1) is 16.7. The Kier molecular flexibility index (Phi) is 5.02. The fourth-order valence-electron chi connectivity index (χ4n) is 3.04. The summed E-state index contributed by atoms with van der Waals surface area (Å²) in [6.45, 7) is 5.99. The minimum atomic E-state index is -0.117. The highest BCUT2D eigenvalue weighted by Crippen LogP contribution is 2.28. The Morgan fingerprint density at radius 1 is 1.25 bits per heavy atom. The number of rotatable bonds is 6. The SMILES string of the molecule is CCc1ccccc1OC1CN(Cc2c(CO)cnc(C)c2O)C1. The molecule has 2 aromatic rings. The van der Waals surface area contributed by atoms with Gasteiger partial charge in [0, 0.05) is 37.0 Å². The fourth-order valence-corrected chi connectivity index (χ4v) is 3.04. The van der Waals surface area contributed by atoms with Crippen LogP contribution < -0.4 is 4.74 Å². The summed E-state index contributed by atoms with van der Waals surface area (Å²) in [5, 5.41) is 19.7. The van der Waals surface area contributed by atoms with Crippen LogP contribution in [0.15, 0.2) is 30.5 Å². The zero-order valence-electron chi connectivity index (χ0n) is 14.2. The molecule has 2 heterocycles. The van der Waals surface area contributed by atoms with Crippen molar-refractivity contribution in [3.8, 4) is 11.5 Å². The molecule has 5 heteroatoms. The van der Waals surface area contributed by atoms with Gasteiger partial charge in [0.1, 0.15) is 17.6 Å². The van der Waals surface area contributed by atoms with Crippen molar-refractivity contribution in [2.24, 2.45) is 0 Å². The smallest absolute Gasteiger partial charge is 0.141 e. The molecule has 0 aliphatic carbocycles. The monoisotopic (exact) mass is 328 g/mol. The summed E-state index contributed by atoms with van der Waals surface area (Å²) in [5.74, 6) is 1.14. The molecule has 2 N–H and O–H groups in total. The van der Waals surface area contributed by atoms with Crippen LogP contribution in [0, 0.1) is 6.92 Å². The van der Waals surface area contributed by atoms with Crippen molar-refractivity contribution in [2.75, 3.05) is 13.1 Å². The highest BCUT2D eigenvalue weighted by molar-refractivity contribution is 5.40. The van der Waals surface area contributed by atoms with Crippen molar-refractivity contribution in [2.45, 2.75) is 39.5 Å². The largest absolute Gasteiger partial charge is 0.506 e. The Labute approximate surface area is 142 Å². The molecule has 1 aliphatic heterocycles. The third-order valence-electron chi connectivity index (χ3n) is 4.55. The second-order valence-electron chi connectivity index (χ2n) is 6.25. The summed E-state index contributed by atoms with van der Waals surface area (Å²) in [6.07, 6.45) is 2.76. The van der Waals surface area contributed by atoms with E-state index in [0.29, 0.717) is 17.8 Å². The number of pyridine rings is 1. The van der Waals surface area contributed by atoms with Gasteiger partial charge in [0.25, 0.3) is 0 Å². The summed E-state index contributed by atoms with van der Waals surface area (Å²) in [6, 6.07) is 8.14. The van der Waals surface area contributed by atoms with Crippen molar-refractivity contribution in [3.05, 3.63) is 52.8 Å². The highest BCUT2D eigenvalue weighted by Gasteiger charge is 2.30. The van der Waals surface area contributed by atoms with Crippen LogP contribution in [0.3, 0.4) is 0 Å². The Bertz CT molecular complexity index is 712. The van der Waals surface area contributed by atoms with Crippen molar-refractivity contribution in [1.29, 1.82) is 0 Å². The standard InChI is InChI=1S/C19H24N2O3/c1-3-14-6-4-5-7-18(14)24-16-9-21(10-16)11-17-15(12-22)8-20-13(2)19(17)23/h4-8,16,22-23H,3,9-12H2,1-2H3. The Morgan fingerprint density at radius 3 is 2.71 bits per heavy atom. The van der Waals surface area contributed by atoms with Gasteiger partial charge in [-0.05, 0) is 25.0 Å². The average Bonchev–Trinajstić information content (AvgIpc) is 2.57. The molecule has 1 saturated heterocycles. The third-order valence-corrected chi connectivity index (χ3v) is 4.55. The highest BCUT2D eigenvalue weighted by atomic mass is 16.5. The minimum Gasteiger partial charge on any atom is -0.506 e. The van der Waals surface area contributed by atoms with Gasteiger partial charge in [-0.1, -0.05) is 25.1 Å². The molecule has 128 valence electrons. The van der Waals surface area contributed by atoms with Gasteiger partial charge in [0.15, 0.2) is 0 Å². The van der Waals surface area contributed by atoms with E-state index in [-0.39, 0.29) is 18.5 Å². The molecule has 1 fully saturated rings. The van der Waals surface area contributed by atoms with Crippen molar-refractivity contribution >= 4 is 0 Å². The van der Waals surface area contributed by atoms with Crippen LogP contribution >= 0.6 is 0 Å². The van der Waals surface area contributed by atoms with Gasteiger partial charge in [0.05, 0.1) is 12.3 Å². The van der Waals surface area contributed by atoms with Crippen LogP contribution in [0.5, 0.6) is 11.5 Å². The van der Waals surface area contributed by atoms with Gasteiger partial charge in [-0.2, -0.15) is 0 Å². The van der Waals surface area contributed by atoms with Crippen LogP contribution in [-0.2, 0) is 19.6 Å². The average molecular weight is 328 g/mol. The Morgan fingerprint density at radius 2 is 2.00 bits per heavy atom. The van der Waals surface area contributed by atoms with Gasteiger partial charge in [-0.15, -0.1) is 0 Å². The molecule has 1 aromatic carbocycles. The van der Waals surface area contributed by atoms with Gasteiger partial charge >= 0.3 is 0 Å². The number of aromatic hydroxyl groups is 1. The van der Waals surface area contributed by atoms with Crippen molar-refractivity contribution in [1.82, 2.24) is 9.88 Å². The van der Waals surface area contributed by atoms with Crippen LogP contribution in [0.2, 0.25) is 0 Å². The number of hydrogen-bond donors (Lipinski definition) is 2. The first-order valence-electron chi connectivity index (χ1n) is 8.36. The lowest BCUT2D eigenvalue weighted by Crippen LogP contribution is -2.53. The molecule has 0 amide bonds. The number of aryl methyl sites for hydroxylation is 2. The molecular weight excluding hydrogens is 304 g/mol. The Hall–Kier alpha value is -2.11. The molecule has 3 rings (SSSR count). The predicted molar refractivity (Wildman–Crippen MR) is 92.1 cm³/mol. The Balaban J connectivity index is 1.61. The van der Waals surface area contributed by atoms with Gasteiger partial charge in [-0.25, -0.2) is 0 Å². The van der Waals surface area contributed by atoms with Gasteiger partial charge in [-0.3, -0.25) is 9.88 Å². The molecule has 0 spiro atoms. The molecule has 0 saturated carbocycles. The number of benzene rings is 1. The second kappa shape index (κ2) is 7.20. The lowest BCUT2D eigenvalue weighted by Gasteiger charge is -2.39. The molecule has 0 radical (unpaired) electrons. The van der Waals surface area contributed by atoms with E-state index < -0.39 is 0 Å². The number of likely N-dealkylation sites (tertiary alicyclic amines) is 1. The molecule has 0 bridgehead atoms. The van der Waals surface area contributed by atoms with E-state index in [9.17, 15) is 10.2 Å². The van der Waals surface area contributed by atoms with E-state index in [0.717, 1.165) is 30.8 Å². The van der Waals surface area contributed by atoms with Gasteiger partial charge < -0.3 is 14.9 Å². The summed E-state index contributed by atoms with van der Waals surface area (Å²) in [7, 11) is 0. The van der Waals surface area contributed by atoms with Crippen LogP contribution in [0.4, 0.5) is 0 Å². The molecule has 24 heavy (non-hydrogen) atoms. The molecular formula is C19H24N2O3. The second-order valence-corrected chi connectivity index (χ2v) is 6.25. The number of aliphatic hydroxyl groups excluding tert-OH is 1. The summed E-state index contributed by atoms with van der Waals surface area (Å²) >= 11 is 0. The van der Waals surface area contributed by atoms with Gasteiger partial charge in [0.2, 0.25) is 0 Å². The maximum Gasteiger partial charge on any atom is 0.141 e. The summed E-state index contributed by atoms with van der Waals surface area (Å²) < 4.78 is 6.08. The van der Waals surface area contributed by atoms with E-state index in [1.165, 1.54) is 5.56 Å². The summed E-state index contributed by atoms with van der Waals surface area (Å²) in [4.78, 5) is 6.30.